The summed E-state index contributed by atoms with van der Waals surface area (Å²) in [5, 5.41) is 6.21. The van der Waals surface area contributed by atoms with E-state index in [4.69, 9.17) is 0 Å². The smallest absolute Gasteiger partial charge is 0.0487 e. The number of rotatable bonds is 9. The van der Waals surface area contributed by atoms with Crippen molar-refractivity contribution in [2.75, 3.05) is 0 Å². The van der Waals surface area contributed by atoms with E-state index in [-0.39, 0.29) is 0 Å². The Bertz CT molecular complexity index is 188. The Morgan fingerprint density at radius 2 is 1.39 bits per heavy atom. The molecule has 0 saturated carbocycles. The van der Waals surface area contributed by atoms with Crippen LogP contribution < -0.4 is 0 Å². The van der Waals surface area contributed by atoms with Gasteiger partial charge in [0.15, 0.2) is 0 Å². The van der Waals surface area contributed by atoms with Gasteiger partial charge in [0.1, 0.15) is 0 Å². The number of unbranched alkanes of at least 4 members (excludes halogenated alkanes) is 3. The third-order valence-corrected chi connectivity index (χ3v) is 12.1. The van der Waals surface area contributed by atoms with Crippen LogP contribution in [-0.4, -0.2) is 30.0 Å². The third kappa shape index (κ3) is 12.5. The summed E-state index contributed by atoms with van der Waals surface area (Å²) in [4.78, 5) is 0. The molecule has 0 fully saturated rings. The molecular formula is C15H31N2Sn. The monoisotopic (exact) mass is 359 g/mol. The molecule has 0 amide bonds. The van der Waals surface area contributed by atoms with Gasteiger partial charge in [0.25, 0.3) is 0 Å². The summed E-state index contributed by atoms with van der Waals surface area (Å²) in [6.45, 7) is 7.00. The van der Waals surface area contributed by atoms with Crippen molar-refractivity contribution in [1.29, 1.82) is 0 Å². The first kappa shape index (κ1) is 18.0. The van der Waals surface area contributed by atoms with Crippen LogP contribution in [0.25, 0.3) is 0 Å². The van der Waals surface area contributed by atoms with Crippen LogP contribution in [0.4, 0.5) is 0 Å². The van der Waals surface area contributed by atoms with Gasteiger partial charge < -0.3 is 0 Å². The second-order valence-electron chi connectivity index (χ2n) is 4.83. The molecule has 2 nitrogen and oxygen atoms in total. The molecule has 0 bridgehead atoms. The van der Waals surface area contributed by atoms with Crippen molar-refractivity contribution in [2.24, 2.45) is 0 Å². The predicted octanol–water partition coefficient (Wildman–Crippen LogP) is 5.29. The van der Waals surface area contributed by atoms with Crippen LogP contribution in [0, 0.1) is 0 Å². The van der Waals surface area contributed by atoms with Crippen LogP contribution in [0.1, 0.15) is 59.3 Å². The first-order chi connectivity index (χ1) is 8.85. The van der Waals surface area contributed by atoms with E-state index >= 15 is 0 Å². The van der Waals surface area contributed by atoms with Gasteiger partial charge in [0.2, 0.25) is 0 Å². The van der Waals surface area contributed by atoms with E-state index in [1.54, 1.807) is 25.7 Å². The Morgan fingerprint density at radius 1 is 0.889 bits per heavy atom. The number of hydrogen-bond acceptors (Lipinski definition) is 1. The molecule has 1 N–H and O–H groups in total. The zero-order valence-corrected chi connectivity index (χ0v) is 15.4. The Morgan fingerprint density at radius 3 is 1.61 bits per heavy atom. The first-order valence-corrected chi connectivity index (χ1v) is 13.7. The number of hydrogen-bond donors (Lipinski definition) is 1. The molecule has 0 unspecified atom stereocenters. The minimum absolute atomic E-state index is 0.839. The van der Waals surface area contributed by atoms with Crippen LogP contribution in [0.2, 0.25) is 13.3 Å². The Kier molecular flexibility index (Phi) is 15.1. The van der Waals surface area contributed by atoms with Gasteiger partial charge in [-0.2, -0.15) is 5.10 Å². The molecule has 0 aliphatic carbocycles. The van der Waals surface area contributed by atoms with Gasteiger partial charge in [-0.25, -0.2) is 0 Å². The summed E-state index contributed by atoms with van der Waals surface area (Å²) < 4.78 is 5.04. The van der Waals surface area contributed by atoms with Crippen LogP contribution in [0.3, 0.4) is 0 Å². The summed E-state index contributed by atoms with van der Waals surface area (Å²) >= 11 is -0.839. The van der Waals surface area contributed by atoms with E-state index in [0.717, 1.165) is 0 Å². The molecule has 0 aromatic carbocycles. The van der Waals surface area contributed by atoms with E-state index in [1.165, 1.54) is 38.5 Å². The average Bonchev–Trinajstić information content (AvgIpc) is 2.97. The molecule has 18 heavy (non-hydrogen) atoms. The Labute approximate surface area is 121 Å². The van der Waals surface area contributed by atoms with Crippen molar-refractivity contribution in [3.05, 3.63) is 18.5 Å². The zero-order valence-electron chi connectivity index (χ0n) is 12.5. The van der Waals surface area contributed by atoms with Crippen molar-refractivity contribution >= 4 is 19.8 Å². The average molecular weight is 358 g/mol. The quantitative estimate of drug-likeness (QED) is 0.597. The summed E-state index contributed by atoms with van der Waals surface area (Å²) in [5.41, 5.74) is 0. The fourth-order valence-electron chi connectivity index (χ4n) is 1.87. The largest absolute Gasteiger partial charge is 0.286 e. The molecule has 1 heterocycles. The Hall–Kier alpha value is 0.00870. The maximum Gasteiger partial charge on any atom is 0.0487 e. The number of aromatic nitrogens is 2. The topological polar surface area (TPSA) is 28.7 Å². The third-order valence-electron chi connectivity index (χ3n) is 3.06. The second kappa shape index (κ2) is 15.1. The van der Waals surface area contributed by atoms with Crippen molar-refractivity contribution in [3.8, 4) is 0 Å². The van der Waals surface area contributed by atoms with E-state index in [1.807, 2.05) is 6.07 Å². The van der Waals surface area contributed by atoms with E-state index < -0.39 is 19.8 Å². The van der Waals surface area contributed by atoms with Crippen molar-refractivity contribution in [1.82, 2.24) is 10.2 Å². The van der Waals surface area contributed by atoms with Gasteiger partial charge in [-0.1, -0.05) is 0 Å². The molecule has 0 saturated heterocycles. The molecule has 1 rings (SSSR count). The number of nitrogens with one attached hydrogen (secondary N) is 1. The molecule has 1 aromatic rings. The van der Waals surface area contributed by atoms with Gasteiger partial charge in [-0.3, -0.25) is 5.10 Å². The molecule has 1 radical (unpaired) electrons. The van der Waals surface area contributed by atoms with E-state index in [2.05, 4.69) is 31.0 Å². The fraction of sp³-hybridized carbons (Fsp3) is 0.800. The van der Waals surface area contributed by atoms with Crippen LogP contribution in [0.5, 0.6) is 0 Å². The van der Waals surface area contributed by atoms with Gasteiger partial charge in [-0.15, -0.1) is 0 Å². The number of H-pyrrole nitrogens is 1. The predicted molar refractivity (Wildman–Crippen MR) is 83.5 cm³/mol. The molecule has 0 spiro atoms. The number of aromatic amines is 1. The molecular weight excluding hydrogens is 327 g/mol. The summed E-state index contributed by atoms with van der Waals surface area (Å²) in [5.74, 6) is 0. The van der Waals surface area contributed by atoms with E-state index in [0.29, 0.717) is 0 Å². The molecule has 3 heteroatoms. The zero-order chi connectivity index (χ0) is 13.5. The minimum Gasteiger partial charge on any atom is -0.286 e. The molecule has 105 valence electrons. The minimum atomic E-state index is -0.839. The standard InChI is InChI=1S/3C4H9.C3H4N2.Sn/c3*1-3-4-2;1-2-4-5-3-1;/h3*1,3-4H2,2H3;1-3H,(H,4,5);. The van der Waals surface area contributed by atoms with Gasteiger partial charge in [0.05, 0.1) is 0 Å². The molecule has 0 aliphatic heterocycles. The van der Waals surface area contributed by atoms with Crippen molar-refractivity contribution in [2.45, 2.75) is 72.6 Å². The summed E-state index contributed by atoms with van der Waals surface area (Å²) in [7, 11) is 0. The maximum absolute atomic E-state index is 3.60. The van der Waals surface area contributed by atoms with Crippen molar-refractivity contribution in [3.63, 3.8) is 0 Å². The number of nitrogens with zero attached hydrogens (tertiary/aromatic N) is 1. The molecule has 1 aromatic heterocycles. The van der Waals surface area contributed by atoms with E-state index in [9.17, 15) is 0 Å². The van der Waals surface area contributed by atoms with Crippen LogP contribution >= 0.6 is 0 Å². The Balaban J connectivity index is 0.000000473. The summed E-state index contributed by atoms with van der Waals surface area (Å²) in [6, 6.07) is 1.83. The fourth-order valence-corrected chi connectivity index (χ4v) is 11.3. The maximum atomic E-state index is 3.60. The summed E-state index contributed by atoms with van der Waals surface area (Å²) in [6.07, 6.45) is 12.3. The van der Waals surface area contributed by atoms with Gasteiger partial charge >= 0.3 is 92.4 Å². The second-order valence-corrected chi connectivity index (χ2v) is 13.4. The van der Waals surface area contributed by atoms with Gasteiger partial charge in [0, 0.05) is 12.4 Å². The molecule has 0 atom stereocenters. The van der Waals surface area contributed by atoms with Crippen LogP contribution in [-0.2, 0) is 0 Å². The van der Waals surface area contributed by atoms with Crippen LogP contribution in [0.15, 0.2) is 18.5 Å². The van der Waals surface area contributed by atoms with Gasteiger partial charge in [-0.05, 0) is 6.07 Å². The normalized spacial score (nSPS) is 10.2. The SMILES string of the molecule is CCC[CH2][Sn]([CH2]CCC)[CH2]CCC.c1cn[nH]c1. The molecule has 0 aliphatic rings. The van der Waals surface area contributed by atoms with Crippen molar-refractivity contribution < 1.29 is 0 Å². The first-order valence-electron chi connectivity index (χ1n) is 7.62.